The molecule has 3 saturated heterocycles. The number of allylic oxidation sites excluding steroid dienone is 1. The first kappa shape index (κ1) is 37.5. The molecule has 3 aromatic rings. The van der Waals surface area contributed by atoms with Crippen molar-refractivity contribution in [2.24, 2.45) is 11.5 Å². The van der Waals surface area contributed by atoms with E-state index in [1.54, 1.807) is 24.3 Å². The van der Waals surface area contributed by atoms with Crippen LogP contribution in [0.3, 0.4) is 0 Å². The third-order valence-electron chi connectivity index (χ3n) is 10.7. The lowest BCUT2D eigenvalue weighted by Gasteiger charge is -2.42. The number of ether oxygens (including phenoxy) is 3. The van der Waals surface area contributed by atoms with Crippen LogP contribution in [0.5, 0.6) is 11.5 Å². The minimum absolute atomic E-state index is 0.0321. The molecule has 294 valence electrons. The molecular formula is C39H43N7O10. The Bertz CT molecular complexity index is 2130. The summed E-state index contributed by atoms with van der Waals surface area (Å²) in [5.74, 6) is -1.70. The number of ketones is 2. The molecule has 17 nitrogen and oxygen atoms in total. The van der Waals surface area contributed by atoms with Crippen molar-refractivity contribution < 1.29 is 49.0 Å². The summed E-state index contributed by atoms with van der Waals surface area (Å²) in [5, 5.41) is 56.3. The molecule has 4 aliphatic heterocycles. The van der Waals surface area contributed by atoms with E-state index >= 15 is 0 Å². The van der Waals surface area contributed by atoms with Crippen molar-refractivity contribution in [3.05, 3.63) is 112 Å². The number of aliphatic hydroxyl groups excluding tert-OH is 3. The number of aliphatic hydroxyl groups is 3. The van der Waals surface area contributed by atoms with E-state index < -0.39 is 73.1 Å². The molecule has 3 aromatic carbocycles. The minimum Gasteiger partial charge on any atom is -0.504 e. The topological polar surface area (TPSA) is 263 Å². The zero-order valence-corrected chi connectivity index (χ0v) is 30.1. The second kappa shape index (κ2) is 15.3. The highest BCUT2D eigenvalue weighted by Crippen LogP contribution is 2.44. The van der Waals surface area contributed by atoms with Gasteiger partial charge in [-0.15, -0.1) is 0 Å². The molecule has 0 unspecified atom stereocenters. The maximum Gasteiger partial charge on any atom is 0.242 e. The Morgan fingerprint density at radius 3 is 2.48 bits per heavy atom. The number of carbonyl (C=O) groups is 3. The van der Waals surface area contributed by atoms with Gasteiger partial charge < -0.3 is 55.9 Å². The number of fused-ring (bicyclic) bond motifs is 3. The maximum atomic E-state index is 14.0. The second-order valence-corrected chi connectivity index (χ2v) is 14.2. The third-order valence-corrected chi connectivity index (χ3v) is 10.7. The van der Waals surface area contributed by atoms with Crippen LogP contribution in [0.4, 0.5) is 5.69 Å². The number of para-hydroxylation sites is 1. The van der Waals surface area contributed by atoms with E-state index in [0.717, 1.165) is 5.57 Å². The van der Waals surface area contributed by atoms with Crippen molar-refractivity contribution in [1.82, 2.24) is 21.3 Å². The van der Waals surface area contributed by atoms with Gasteiger partial charge in [0.15, 0.2) is 23.1 Å². The molecule has 0 spiro atoms. The highest BCUT2D eigenvalue weighted by molar-refractivity contribution is 6.29. The van der Waals surface area contributed by atoms with Gasteiger partial charge in [-0.3, -0.25) is 30.8 Å². The SMILES string of the molecule is NC1=CC(CCO[C@@H]2[C@@H](Oc3c(Cc4ccccc4N4CN[C@@H]5C(=O)N[C@H](N)N[C@H]54)cc4c(c3O)C(=O)c3ccccc3C4=O)O[C@@H](CO)[C@H](O)[C@H]2O)=CCN1. The number of nitrogens with zero attached hydrogens (tertiary/aromatic N) is 1. The van der Waals surface area contributed by atoms with Crippen LogP contribution in [0, 0.1) is 0 Å². The van der Waals surface area contributed by atoms with Gasteiger partial charge in [0.25, 0.3) is 0 Å². The summed E-state index contributed by atoms with van der Waals surface area (Å²) >= 11 is 0. The summed E-state index contributed by atoms with van der Waals surface area (Å²) in [6, 6.07) is 14.6. The molecule has 0 radical (unpaired) electrons. The number of nitrogens with two attached hydrogens (primary N) is 2. The fraction of sp³-hybridized carbons (Fsp3) is 0.359. The van der Waals surface area contributed by atoms with E-state index in [2.05, 4.69) is 21.3 Å². The Morgan fingerprint density at radius 1 is 0.964 bits per heavy atom. The van der Waals surface area contributed by atoms with Crippen LogP contribution in [-0.2, 0) is 20.7 Å². The summed E-state index contributed by atoms with van der Waals surface area (Å²) in [7, 11) is 0. The van der Waals surface area contributed by atoms with Crippen LogP contribution in [0.1, 0.15) is 49.4 Å². The van der Waals surface area contributed by atoms with Gasteiger partial charge in [0.05, 0.1) is 31.3 Å². The molecule has 56 heavy (non-hydrogen) atoms. The highest BCUT2D eigenvalue weighted by atomic mass is 16.7. The summed E-state index contributed by atoms with van der Waals surface area (Å²) in [4.78, 5) is 42.6. The fourth-order valence-electron chi connectivity index (χ4n) is 7.94. The normalized spacial score (nSPS) is 28.4. The summed E-state index contributed by atoms with van der Waals surface area (Å²) in [6.07, 6.45) is -4.52. The molecule has 4 heterocycles. The summed E-state index contributed by atoms with van der Waals surface area (Å²) in [5.41, 5.74) is 14.5. The van der Waals surface area contributed by atoms with Gasteiger partial charge >= 0.3 is 0 Å². The molecule has 8 atom stereocenters. The van der Waals surface area contributed by atoms with Crippen molar-refractivity contribution in [3.8, 4) is 11.5 Å². The predicted molar refractivity (Wildman–Crippen MR) is 199 cm³/mol. The van der Waals surface area contributed by atoms with E-state index in [1.165, 1.54) is 12.1 Å². The number of anilines is 1. The maximum absolute atomic E-state index is 14.0. The Kier molecular flexibility index (Phi) is 10.2. The monoisotopic (exact) mass is 769 g/mol. The van der Waals surface area contributed by atoms with Crippen molar-refractivity contribution in [3.63, 3.8) is 0 Å². The number of dihydropyridines is 1. The molecule has 8 rings (SSSR count). The Balaban J connectivity index is 1.18. The highest BCUT2D eigenvalue weighted by Gasteiger charge is 2.48. The largest absolute Gasteiger partial charge is 0.504 e. The number of carbonyl (C=O) groups excluding carboxylic acids is 3. The second-order valence-electron chi connectivity index (χ2n) is 14.2. The number of aromatic hydroxyl groups is 1. The Labute approximate surface area is 320 Å². The third kappa shape index (κ3) is 6.77. The van der Waals surface area contributed by atoms with Crippen LogP contribution in [0.15, 0.2) is 78.1 Å². The number of nitrogens with one attached hydrogen (secondary N) is 4. The first-order valence-corrected chi connectivity index (χ1v) is 18.3. The average molecular weight is 770 g/mol. The van der Waals surface area contributed by atoms with Crippen LogP contribution < -0.4 is 42.4 Å². The Hall–Kier alpha value is -5.37. The molecule has 12 N–H and O–H groups in total. The lowest BCUT2D eigenvalue weighted by molar-refractivity contribution is -0.287. The quantitative estimate of drug-likeness (QED) is 0.0899. The predicted octanol–water partition coefficient (Wildman–Crippen LogP) is -1.30. The molecule has 0 aromatic heterocycles. The van der Waals surface area contributed by atoms with E-state index in [9.17, 15) is 34.8 Å². The van der Waals surface area contributed by atoms with Crippen LogP contribution >= 0.6 is 0 Å². The Morgan fingerprint density at radius 2 is 1.71 bits per heavy atom. The van der Waals surface area contributed by atoms with Crippen LogP contribution in [0.2, 0.25) is 0 Å². The number of amides is 1. The van der Waals surface area contributed by atoms with E-state index in [-0.39, 0.29) is 59.2 Å². The van der Waals surface area contributed by atoms with Crippen molar-refractivity contribution in [1.29, 1.82) is 0 Å². The number of hydrogen-bond acceptors (Lipinski definition) is 16. The molecule has 17 heteroatoms. The lowest BCUT2D eigenvalue weighted by atomic mass is 9.82. The first-order valence-electron chi connectivity index (χ1n) is 18.3. The molecule has 5 aliphatic rings. The van der Waals surface area contributed by atoms with Gasteiger partial charge in [0.2, 0.25) is 12.2 Å². The molecule has 3 fully saturated rings. The molecule has 1 amide bonds. The van der Waals surface area contributed by atoms with Gasteiger partial charge in [-0.05, 0) is 35.8 Å². The molecule has 0 saturated carbocycles. The zero-order valence-electron chi connectivity index (χ0n) is 30.1. The summed E-state index contributed by atoms with van der Waals surface area (Å²) < 4.78 is 18.5. The average Bonchev–Trinajstić information content (AvgIpc) is 3.61. The smallest absolute Gasteiger partial charge is 0.242 e. The van der Waals surface area contributed by atoms with Gasteiger partial charge in [-0.25, -0.2) is 0 Å². The van der Waals surface area contributed by atoms with Crippen molar-refractivity contribution in [2.45, 2.75) is 62.0 Å². The van der Waals surface area contributed by atoms with Gasteiger partial charge in [-0.2, -0.15) is 0 Å². The molecular weight excluding hydrogens is 726 g/mol. The van der Waals surface area contributed by atoms with E-state index in [0.29, 0.717) is 30.0 Å². The number of phenolic OH excluding ortho intramolecular Hbond substituents is 1. The minimum atomic E-state index is -1.60. The molecule has 1 aliphatic carbocycles. The van der Waals surface area contributed by atoms with E-state index in [1.807, 2.05) is 35.2 Å². The number of phenols is 1. The van der Waals surface area contributed by atoms with Gasteiger partial charge in [0.1, 0.15) is 42.9 Å². The fourth-order valence-corrected chi connectivity index (χ4v) is 7.94. The summed E-state index contributed by atoms with van der Waals surface area (Å²) in [6.45, 7) is 0.171. The van der Waals surface area contributed by atoms with Gasteiger partial charge in [0, 0.05) is 40.9 Å². The number of benzene rings is 3. The molecule has 0 bridgehead atoms. The van der Waals surface area contributed by atoms with Crippen molar-refractivity contribution >= 4 is 23.2 Å². The van der Waals surface area contributed by atoms with E-state index in [4.69, 9.17) is 25.7 Å². The van der Waals surface area contributed by atoms with Crippen LogP contribution in [0.25, 0.3) is 0 Å². The van der Waals surface area contributed by atoms with Crippen LogP contribution in [-0.4, -0.2) is 114 Å². The lowest BCUT2D eigenvalue weighted by Crippen LogP contribution is -2.70. The van der Waals surface area contributed by atoms with Crippen molar-refractivity contribution in [2.75, 3.05) is 31.3 Å². The number of rotatable bonds is 10. The first-order chi connectivity index (χ1) is 27.0. The standard InChI is InChI=1S/C39H43N7O10/c40-26-13-18(9-11-42-26)10-12-54-35-33(52)31(50)25(16-47)55-38(35)56-34-20(15-23-27(32(34)51)30(49)22-7-3-2-6-21(22)29(23)48)14-19-5-1-4-8-24(19)46-17-43-28-36(46)44-39(41)45-37(28)53/h1-9,13,15,25,28,31,33,35-36,38-39,42-44,47,50-52H,10-12,14,16-17,40-41H2,(H,45,53)/t25-,28-,31-,33+,35-,36-,38+,39+/m0/s1. The van der Waals surface area contributed by atoms with Gasteiger partial charge in [-0.1, -0.05) is 48.5 Å². The number of hydrogen-bond donors (Lipinski definition) is 10. The zero-order chi connectivity index (χ0) is 39.2.